The van der Waals surface area contributed by atoms with Crippen molar-refractivity contribution < 1.29 is 9.53 Å². The fourth-order valence-corrected chi connectivity index (χ4v) is 5.02. The Hall–Kier alpha value is -2.32. The number of urea groups is 1. The summed E-state index contributed by atoms with van der Waals surface area (Å²) in [5, 5.41) is 6.17. The zero-order valence-electron chi connectivity index (χ0n) is 20.7. The van der Waals surface area contributed by atoms with Gasteiger partial charge in [-0.25, -0.2) is 10.2 Å². The number of rotatable bonds is 12. The molecule has 2 fully saturated rings. The van der Waals surface area contributed by atoms with Gasteiger partial charge in [0.05, 0.1) is 6.61 Å². The second-order valence-electron chi connectivity index (χ2n) is 9.27. The van der Waals surface area contributed by atoms with E-state index in [1.807, 2.05) is 53.4 Å². The zero-order valence-corrected chi connectivity index (χ0v) is 21.4. The number of hydrogen-bond acceptors (Lipinski definition) is 5. The van der Waals surface area contributed by atoms with Gasteiger partial charge in [0.15, 0.2) is 0 Å². The molecular weight excluding hydrogens is 462 g/mol. The van der Waals surface area contributed by atoms with Crippen LogP contribution in [0.5, 0.6) is 5.75 Å². The van der Waals surface area contributed by atoms with E-state index in [0.29, 0.717) is 19.2 Å². The minimum Gasteiger partial charge on any atom is -0.494 e. The van der Waals surface area contributed by atoms with Gasteiger partial charge in [-0.2, -0.15) is 0 Å². The summed E-state index contributed by atoms with van der Waals surface area (Å²) in [7, 11) is 0. The highest BCUT2D eigenvalue weighted by molar-refractivity contribution is 6.30. The lowest BCUT2D eigenvalue weighted by Crippen LogP contribution is -2.46. The molecule has 2 amide bonds. The first-order chi connectivity index (χ1) is 17.1. The largest absolute Gasteiger partial charge is 0.494 e. The Labute approximate surface area is 214 Å². The van der Waals surface area contributed by atoms with E-state index >= 15 is 0 Å². The van der Waals surface area contributed by atoms with Gasteiger partial charge < -0.3 is 19.9 Å². The van der Waals surface area contributed by atoms with Crippen LogP contribution in [0.25, 0.3) is 0 Å². The van der Waals surface area contributed by atoms with E-state index < -0.39 is 0 Å². The summed E-state index contributed by atoms with van der Waals surface area (Å²) in [6.07, 6.45) is 3.75. The van der Waals surface area contributed by atoms with Crippen LogP contribution < -0.4 is 15.5 Å². The van der Waals surface area contributed by atoms with Crippen LogP contribution in [0.3, 0.4) is 0 Å². The minimum absolute atomic E-state index is 0.0744. The van der Waals surface area contributed by atoms with Gasteiger partial charge in [0.2, 0.25) is 0 Å². The number of piperazine rings is 1. The van der Waals surface area contributed by atoms with Crippen LogP contribution in [-0.2, 0) is 0 Å². The molecule has 2 unspecified atom stereocenters. The van der Waals surface area contributed by atoms with Gasteiger partial charge in [0.1, 0.15) is 11.9 Å². The highest BCUT2D eigenvalue weighted by Crippen LogP contribution is 2.21. The number of amides is 2. The topological polar surface area (TPSA) is 60.1 Å². The van der Waals surface area contributed by atoms with Crippen molar-refractivity contribution in [2.24, 2.45) is 0 Å². The predicted octanol–water partition coefficient (Wildman–Crippen LogP) is 4.51. The molecule has 2 aromatic rings. The molecule has 2 aliphatic heterocycles. The molecule has 2 atom stereocenters. The number of halogens is 1. The molecule has 0 aliphatic carbocycles. The summed E-state index contributed by atoms with van der Waals surface area (Å²) in [6.45, 7) is 8.18. The fourth-order valence-electron chi connectivity index (χ4n) is 4.82. The Kier molecular flexibility index (Phi) is 9.66. The molecule has 2 N–H and O–H groups in total. The van der Waals surface area contributed by atoms with Crippen molar-refractivity contribution in [1.29, 1.82) is 0 Å². The number of benzene rings is 2. The monoisotopic (exact) mass is 499 g/mol. The Morgan fingerprint density at radius 2 is 1.89 bits per heavy atom. The molecular formula is C27H38ClN5O2. The van der Waals surface area contributed by atoms with E-state index in [4.69, 9.17) is 16.3 Å². The third-order valence-corrected chi connectivity index (χ3v) is 6.95. The Morgan fingerprint density at radius 3 is 2.69 bits per heavy atom. The predicted molar refractivity (Wildman–Crippen MR) is 140 cm³/mol. The molecule has 2 saturated heterocycles. The number of hydrogen-bond donors (Lipinski definition) is 2. The Bertz CT molecular complexity index is 931. The van der Waals surface area contributed by atoms with E-state index in [9.17, 15) is 4.79 Å². The molecule has 8 heteroatoms. The number of hydrazine groups is 1. The molecule has 0 aromatic heterocycles. The van der Waals surface area contributed by atoms with E-state index in [1.54, 1.807) is 5.01 Å². The number of nitrogens with one attached hydrogen (secondary N) is 2. The Morgan fingerprint density at radius 1 is 1.03 bits per heavy atom. The highest BCUT2D eigenvalue weighted by atomic mass is 35.5. The number of unbranched alkanes of at least 4 members (excludes halogenated alkanes) is 1. The van der Waals surface area contributed by atoms with E-state index in [0.717, 1.165) is 69.2 Å². The van der Waals surface area contributed by atoms with Crippen LogP contribution in [0.2, 0.25) is 5.02 Å². The quantitative estimate of drug-likeness (QED) is 0.421. The molecule has 4 rings (SSSR count). The molecule has 0 radical (unpaired) electrons. The summed E-state index contributed by atoms with van der Waals surface area (Å²) >= 11 is 6.19. The maximum absolute atomic E-state index is 13.0. The lowest BCUT2D eigenvalue weighted by Gasteiger charge is -2.34. The number of nitrogens with zero attached hydrogens (tertiary/aromatic N) is 3. The Balaban J connectivity index is 1.17. The average molecular weight is 500 g/mol. The molecule has 7 nitrogen and oxygen atoms in total. The fraction of sp³-hybridized carbons (Fsp3) is 0.519. The van der Waals surface area contributed by atoms with Gasteiger partial charge in [-0.15, -0.1) is 0 Å². The SMILES string of the molecule is CCC1NN(CCCCOc2ccccc2)C(=O)N1CCCN1CCNC(c2cccc(Cl)c2)C1. The number of carbonyl (C=O) groups is 1. The maximum atomic E-state index is 13.0. The maximum Gasteiger partial charge on any atom is 0.335 e. The minimum atomic E-state index is 0.0744. The second kappa shape index (κ2) is 13.1. The van der Waals surface area contributed by atoms with Crippen LogP contribution >= 0.6 is 11.6 Å². The van der Waals surface area contributed by atoms with Crippen molar-refractivity contribution in [3.05, 3.63) is 65.2 Å². The van der Waals surface area contributed by atoms with Gasteiger partial charge in [-0.1, -0.05) is 48.9 Å². The first-order valence-corrected chi connectivity index (χ1v) is 13.2. The molecule has 2 heterocycles. The van der Waals surface area contributed by atoms with Crippen LogP contribution in [0, 0.1) is 0 Å². The van der Waals surface area contributed by atoms with E-state index in [1.165, 1.54) is 5.56 Å². The van der Waals surface area contributed by atoms with Gasteiger partial charge >= 0.3 is 6.03 Å². The molecule has 2 aromatic carbocycles. The average Bonchev–Trinajstić information content (AvgIpc) is 3.19. The first-order valence-electron chi connectivity index (χ1n) is 12.9. The number of carbonyl (C=O) groups excluding carboxylic acids is 1. The van der Waals surface area contributed by atoms with Crippen LogP contribution in [0.15, 0.2) is 54.6 Å². The number of ether oxygens (including phenoxy) is 1. The molecule has 35 heavy (non-hydrogen) atoms. The van der Waals surface area contributed by atoms with E-state index in [2.05, 4.69) is 28.6 Å². The molecule has 0 bridgehead atoms. The summed E-state index contributed by atoms with van der Waals surface area (Å²) in [5.41, 5.74) is 4.64. The van der Waals surface area contributed by atoms with Crippen molar-refractivity contribution in [2.75, 3.05) is 45.9 Å². The normalized spacial score (nSPS) is 21.0. The molecule has 0 saturated carbocycles. The lowest BCUT2D eigenvalue weighted by atomic mass is 10.0. The van der Waals surface area contributed by atoms with Crippen LogP contribution in [0.4, 0.5) is 4.79 Å². The van der Waals surface area contributed by atoms with Crippen molar-refractivity contribution in [1.82, 2.24) is 25.6 Å². The van der Waals surface area contributed by atoms with Crippen molar-refractivity contribution in [3.8, 4) is 5.75 Å². The van der Waals surface area contributed by atoms with Crippen LogP contribution in [0.1, 0.15) is 44.2 Å². The van der Waals surface area contributed by atoms with Gasteiger partial charge in [0.25, 0.3) is 0 Å². The van der Waals surface area contributed by atoms with Crippen LogP contribution in [-0.4, -0.2) is 72.9 Å². The van der Waals surface area contributed by atoms with Gasteiger partial charge in [0, 0.05) is 43.8 Å². The molecule has 2 aliphatic rings. The van der Waals surface area contributed by atoms with Crippen molar-refractivity contribution >= 4 is 17.6 Å². The summed E-state index contributed by atoms with van der Waals surface area (Å²) in [6, 6.07) is 18.4. The lowest BCUT2D eigenvalue weighted by molar-refractivity contribution is 0.170. The summed E-state index contributed by atoms with van der Waals surface area (Å²) in [4.78, 5) is 17.5. The molecule has 0 spiro atoms. The first kappa shape index (κ1) is 25.8. The van der Waals surface area contributed by atoms with Crippen molar-refractivity contribution in [3.63, 3.8) is 0 Å². The third kappa shape index (κ3) is 7.34. The standard InChI is InChI=1S/C27H38ClN5O2/c1-2-26-30-33(17-6-7-19-35-24-12-4-3-5-13-24)27(34)32(26)16-9-15-31-18-14-29-25(21-31)22-10-8-11-23(28)20-22/h3-5,8,10-13,20,25-26,29-30H,2,6-7,9,14-19,21H2,1H3. The third-order valence-electron chi connectivity index (χ3n) is 6.72. The summed E-state index contributed by atoms with van der Waals surface area (Å²) in [5.74, 6) is 0.892. The van der Waals surface area contributed by atoms with Gasteiger partial charge in [-0.3, -0.25) is 5.01 Å². The molecule has 190 valence electrons. The van der Waals surface area contributed by atoms with Gasteiger partial charge in [-0.05, 0) is 62.1 Å². The second-order valence-corrected chi connectivity index (χ2v) is 9.70. The van der Waals surface area contributed by atoms with Crippen molar-refractivity contribution in [2.45, 2.75) is 44.8 Å². The summed E-state index contributed by atoms with van der Waals surface area (Å²) < 4.78 is 5.76. The zero-order chi connectivity index (χ0) is 24.5. The number of para-hydroxylation sites is 1. The highest BCUT2D eigenvalue weighted by Gasteiger charge is 2.35. The smallest absolute Gasteiger partial charge is 0.335 e. The van der Waals surface area contributed by atoms with E-state index in [-0.39, 0.29) is 12.2 Å².